The van der Waals surface area contributed by atoms with Gasteiger partial charge in [-0.3, -0.25) is 4.79 Å². The second-order valence-corrected chi connectivity index (χ2v) is 7.42. The summed E-state index contributed by atoms with van der Waals surface area (Å²) in [5.74, 6) is -0.347. The van der Waals surface area contributed by atoms with Crippen molar-refractivity contribution in [2.24, 2.45) is 0 Å². The number of halogens is 1. The van der Waals surface area contributed by atoms with Crippen LogP contribution in [0.2, 0.25) is 19.6 Å². The van der Waals surface area contributed by atoms with E-state index in [-0.39, 0.29) is 41.4 Å². The van der Waals surface area contributed by atoms with E-state index >= 15 is 0 Å². The minimum absolute atomic E-state index is 0. The average Bonchev–Trinajstić information content (AvgIpc) is 1.62. The van der Waals surface area contributed by atoms with Crippen LogP contribution in [0.4, 0.5) is 0 Å². The molecule has 10 heavy (non-hydrogen) atoms. The van der Waals surface area contributed by atoms with Crippen molar-refractivity contribution in [3.8, 4) is 0 Å². The van der Waals surface area contributed by atoms with Crippen LogP contribution in [0.1, 0.15) is 0 Å². The Morgan fingerprint density at radius 3 is 2.00 bits per heavy atom. The van der Waals surface area contributed by atoms with Crippen LogP contribution in [0.15, 0.2) is 0 Å². The van der Waals surface area contributed by atoms with E-state index in [1.807, 2.05) is 19.6 Å². The van der Waals surface area contributed by atoms with E-state index in [0.29, 0.717) is 0 Å². The third-order valence-electron chi connectivity index (χ3n) is 0.529. The van der Waals surface area contributed by atoms with Crippen LogP contribution >= 0.6 is 11.6 Å². The molecule has 0 aliphatic carbocycles. The van der Waals surface area contributed by atoms with Gasteiger partial charge < -0.3 is 4.43 Å². The van der Waals surface area contributed by atoms with Crippen molar-refractivity contribution >= 4 is 55.4 Å². The number of hydrogen-bond donors (Lipinski definition) is 0. The van der Waals surface area contributed by atoms with Crippen LogP contribution in [0.25, 0.3) is 0 Å². The molecule has 0 aromatic rings. The molecule has 0 aromatic carbocycles. The Morgan fingerprint density at radius 2 is 1.90 bits per heavy atom. The molecular weight excluding hydrogens is 179 g/mol. The third kappa shape index (κ3) is 8.98. The maximum absolute atomic E-state index is 10.5. The number of alkyl halides is 1. The van der Waals surface area contributed by atoms with Crippen molar-refractivity contribution in [1.29, 1.82) is 0 Å². The second kappa shape index (κ2) is 5.60. The Balaban J connectivity index is 0. The summed E-state index contributed by atoms with van der Waals surface area (Å²) in [4.78, 5) is 10.5. The first-order chi connectivity index (χ1) is 3.95. The van der Waals surface area contributed by atoms with Gasteiger partial charge in [0.25, 0.3) is 0 Å². The van der Waals surface area contributed by atoms with Crippen LogP contribution in [0.3, 0.4) is 0 Å². The molecule has 0 aliphatic heterocycles. The molecule has 0 bridgehead atoms. The predicted octanol–water partition coefficient (Wildman–Crippen LogP) is 0.955. The van der Waals surface area contributed by atoms with Crippen LogP contribution in [-0.2, 0) is 9.22 Å². The van der Waals surface area contributed by atoms with Gasteiger partial charge in [-0.05, 0) is 19.6 Å². The fourth-order valence-electron chi connectivity index (χ4n) is 0.369. The summed E-state index contributed by atoms with van der Waals surface area (Å²) in [6.45, 7) is 5.83. The van der Waals surface area contributed by atoms with E-state index in [1.165, 1.54) is 0 Å². The molecule has 2 nitrogen and oxygen atoms in total. The van der Waals surface area contributed by atoms with Crippen molar-refractivity contribution in [1.82, 2.24) is 0 Å². The number of hydrogen-bond acceptors (Lipinski definition) is 2. The van der Waals surface area contributed by atoms with Gasteiger partial charge in [0, 0.05) is 0 Å². The quantitative estimate of drug-likeness (QED) is 0.479. The molecule has 0 saturated carbocycles. The Labute approximate surface area is 89.7 Å². The van der Waals surface area contributed by atoms with Gasteiger partial charge in [-0.1, -0.05) is 0 Å². The molecule has 0 aliphatic rings. The van der Waals surface area contributed by atoms with Crippen molar-refractivity contribution in [2.75, 3.05) is 5.88 Å². The van der Waals surface area contributed by atoms with Gasteiger partial charge in [0.15, 0.2) is 0 Å². The summed E-state index contributed by atoms with van der Waals surface area (Å²) in [6, 6.07) is 0. The van der Waals surface area contributed by atoms with Crippen LogP contribution in [0, 0.1) is 0 Å². The second-order valence-electron chi connectivity index (χ2n) is 2.72. The fraction of sp³-hybridized carbons (Fsp3) is 0.800. The molecule has 0 atom stereocenters. The van der Waals surface area contributed by atoms with Gasteiger partial charge in [0.05, 0.1) is 0 Å². The van der Waals surface area contributed by atoms with Gasteiger partial charge in [0.1, 0.15) is 5.88 Å². The molecule has 0 aromatic heterocycles. The molecule has 0 spiro atoms. The third-order valence-corrected chi connectivity index (χ3v) is 1.59. The summed E-state index contributed by atoms with van der Waals surface area (Å²) in [5.41, 5.74) is 0. The minimum atomic E-state index is -1.68. The number of rotatable bonds is 2. The van der Waals surface area contributed by atoms with Gasteiger partial charge in [-0.15, -0.1) is 11.6 Å². The van der Waals surface area contributed by atoms with Gasteiger partial charge in [-0.25, -0.2) is 0 Å². The fourth-order valence-corrected chi connectivity index (χ4v) is 1.27. The van der Waals surface area contributed by atoms with E-state index < -0.39 is 8.32 Å². The summed E-state index contributed by atoms with van der Waals surface area (Å²) < 4.78 is 4.95. The van der Waals surface area contributed by atoms with Crippen LogP contribution in [-0.4, -0.2) is 49.7 Å². The first-order valence-corrected chi connectivity index (χ1v) is 6.68. The van der Waals surface area contributed by atoms with Crippen molar-refractivity contribution < 1.29 is 9.22 Å². The zero-order valence-electron chi connectivity index (χ0n) is 5.90. The molecule has 0 heterocycles. The summed E-state index contributed by atoms with van der Waals surface area (Å²) in [6.07, 6.45) is 0. The zero-order chi connectivity index (χ0) is 7.49. The molecular formula is C5H12ClNaO2Si. The predicted molar refractivity (Wildman–Crippen MR) is 47.3 cm³/mol. The molecule has 5 heteroatoms. The monoisotopic (exact) mass is 190 g/mol. The standard InChI is InChI=1S/C5H11ClO2Si.Na.H/c1-9(2,3)8-5(7)4-6;;/h4H2,1-3H3;;. The molecule has 0 N–H and O–H groups in total. The number of carbonyl (C=O) groups is 1. The molecule has 0 rings (SSSR count). The summed E-state index contributed by atoms with van der Waals surface area (Å²) in [7, 11) is -1.68. The van der Waals surface area contributed by atoms with Gasteiger partial charge >= 0.3 is 35.5 Å². The topological polar surface area (TPSA) is 26.3 Å². The van der Waals surface area contributed by atoms with E-state index in [1.54, 1.807) is 0 Å². The Kier molecular flexibility index (Phi) is 7.60. The zero-order valence-corrected chi connectivity index (χ0v) is 7.66. The average molecular weight is 191 g/mol. The first kappa shape index (κ1) is 13.6. The SMILES string of the molecule is C[Si](C)(C)OC(=O)CCl.[NaH]. The van der Waals surface area contributed by atoms with E-state index in [4.69, 9.17) is 16.0 Å². The van der Waals surface area contributed by atoms with Gasteiger partial charge in [-0.2, -0.15) is 0 Å². The first-order valence-electron chi connectivity index (χ1n) is 2.73. The van der Waals surface area contributed by atoms with E-state index in [9.17, 15) is 4.79 Å². The Hall–Kier alpha value is 0.977. The number of carbonyl (C=O) groups excluding carboxylic acids is 1. The van der Waals surface area contributed by atoms with Crippen LogP contribution in [0.5, 0.6) is 0 Å². The summed E-state index contributed by atoms with van der Waals surface area (Å²) in [5, 5.41) is 0. The van der Waals surface area contributed by atoms with Crippen molar-refractivity contribution in [3.63, 3.8) is 0 Å². The Morgan fingerprint density at radius 1 is 1.50 bits per heavy atom. The van der Waals surface area contributed by atoms with E-state index in [0.717, 1.165) is 0 Å². The van der Waals surface area contributed by atoms with E-state index in [2.05, 4.69) is 0 Å². The molecule has 0 fully saturated rings. The molecule has 0 unspecified atom stereocenters. The molecule has 56 valence electrons. The molecule has 0 radical (unpaired) electrons. The molecule has 0 saturated heterocycles. The summed E-state index contributed by atoms with van der Waals surface area (Å²) >= 11 is 5.21. The van der Waals surface area contributed by atoms with Crippen molar-refractivity contribution in [2.45, 2.75) is 19.6 Å². The Bertz CT molecular complexity index is 113. The van der Waals surface area contributed by atoms with Crippen molar-refractivity contribution in [3.05, 3.63) is 0 Å². The molecule has 0 amide bonds. The maximum atomic E-state index is 10.5. The van der Waals surface area contributed by atoms with Gasteiger partial charge in [0.2, 0.25) is 8.32 Å². The normalized spacial score (nSPS) is 10.0. The van der Waals surface area contributed by atoms with Crippen LogP contribution < -0.4 is 0 Å².